The monoisotopic (exact) mass is 150 g/mol. The van der Waals surface area contributed by atoms with E-state index in [-0.39, 0.29) is 0 Å². The number of rotatable bonds is 1. The molecular weight excluding hydrogens is 140 g/mol. The second kappa shape index (κ2) is 4.12. The van der Waals surface area contributed by atoms with Gasteiger partial charge in [-0.25, -0.2) is 0 Å². The second-order valence-electron chi connectivity index (χ2n) is 1.47. The predicted molar refractivity (Wildman–Crippen MR) is 42.9 cm³/mol. The highest BCUT2D eigenvalue weighted by Gasteiger charge is 1.94. The van der Waals surface area contributed by atoms with Crippen LogP contribution in [0.4, 0.5) is 0 Å². The fourth-order valence-corrected chi connectivity index (χ4v) is 0.786. The zero-order valence-electron chi connectivity index (χ0n) is 5.26. The Hall–Kier alpha value is 0.200. The van der Waals surface area contributed by atoms with Gasteiger partial charge in [-0.05, 0) is 19.0 Å². The standard InChI is InChI=1S/C4H10N2S2/c1-5-8-4(7)6(2)3/h5H,1-3H3. The van der Waals surface area contributed by atoms with Gasteiger partial charge < -0.3 is 4.90 Å². The lowest BCUT2D eigenvalue weighted by Crippen LogP contribution is -2.18. The van der Waals surface area contributed by atoms with Crippen LogP contribution >= 0.6 is 24.2 Å². The summed E-state index contributed by atoms with van der Waals surface area (Å²) < 4.78 is 3.74. The Balaban J connectivity index is 3.33. The van der Waals surface area contributed by atoms with Crippen LogP contribution < -0.4 is 4.72 Å². The third kappa shape index (κ3) is 3.23. The summed E-state index contributed by atoms with van der Waals surface area (Å²) >= 11 is 6.35. The first-order valence-corrected chi connectivity index (χ1v) is 3.46. The summed E-state index contributed by atoms with van der Waals surface area (Å²) in [7, 11) is 5.69. The highest BCUT2D eigenvalue weighted by Crippen LogP contribution is 1.98. The summed E-state index contributed by atoms with van der Waals surface area (Å²) in [5.41, 5.74) is 0. The topological polar surface area (TPSA) is 15.3 Å². The molecular formula is C4H10N2S2. The first kappa shape index (κ1) is 8.20. The lowest BCUT2D eigenvalue weighted by Gasteiger charge is -2.10. The Morgan fingerprint density at radius 3 is 2.25 bits per heavy atom. The minimum absolute atomic E-state index is 0.854. The van der Waals surface area contributed by atoms with E-state index in [0.29, 0.717) is 0 Å². The fraction of sp³-hybridized carbons (Fsp3) is 0.750. The normalized spacial score (nSPS) is 8.88. The van der Waals surface area contributed by atoms with E-state index >= 15 is 0 Å². The van der Waals surface area contributed by atoms with Crippen LogP contribution in [0, 0.1) is 0 Å². The minimum atomic E-state index is 0.854. The molecule has 0 aliphatic rings. The molecule has 0 bridgehead atoms. The molecule has 8 heavy (non-hydrogen) atoms. The maximum Gasteiger partial charge on any atom is 0.150 e. The van der Waals surface area contributed by atoms with Crippen molar-refractivity contribution in [1.29, 1.82) is 0 Å². The molecule has 1 N–H and O–H groups in total. The summed E-state index contributed by atoms with van der Waals surface area (Å²) in [5.74, 6) is 0. The maximum atomic E-state index is 4.90. The molecule has 0 spiro atoms. The van der Waals surface area contributed by atoms with Crippen LogP contribution in [-0.4, -0.2) is 30.4 Å². The molecule has 0 amide bonds. The first-order chi connectivity index (χ1) is 3.68. The van der Waals surface area contributed by atoms with Crippen LogP contribution in [0.25, 0.3) is 0 Å². The van der Waals surface area contributed by atoms with Crippen LogP contribution in [0.15, 0.2) is 0 Å². The Morgan fingerprint density at radius 2 is 2.12 bits per heavy atom. The third-order valence-corrected chi connectivity index (χ3v) is 1.91. The fourth-order valence-electron chi connectivity index (χ4n) is 0.179. The van der Waals surface area contributed by atoms with Crippen molar-refractivity contribution in [2.75, 3.05) is 21.1 Å². The van der Waals surface area contributed by atoms with E-state index in [4.69, 9.17) is 12.2 Å². The van der Waals surface area contributed by atoms with Gasteiger partial charge in [0.25, 0.3) is 0 Å². The van der Waals surface area contributed by atoms with Gasteiger partial charge in [-0.3, -0.25) is 4.72 Å². The van der Waals surface area contributed by atoms with E-state index in [9.17, 15) is 0 Å². The van der Waals surface area contributed by atoms with Crippen molar-refractivity contribution in [3.63, 3.8) is 0 Å². The molecule has 0 radical (unpaired) electrons. The van der Waals surface area contributed by atoms with Crippen molar-refractivity contribution in [3.8, 4) is 0 Å². The molecule has 4 heteroatoms. The van der Waals surface area contributed by atoms with Crippen molar-refractivity contribution >= 4 is 28.5 Å². The van der Waals surface area contributed by atoms with Crippen LogP contribution in [0.3, 0.4) is 0 Å². The zero-order chi connectivity index (χ0) is 6.57. The van der Waals surface area contributed by atoms with Crippen LogP contribution in [0.1, 0.15) is 0 Å². The van der Waals surface area contributed by atoms with Gasteiger partial charge in [0, 0.05) is 14.1 Å². The van der Waals surface area contributed by atoms with Crippen LogP contribution in [0.5, 0.6) is 0 Å². The number of nitrogens with zero attached hydrogens (tertiary/aromatic N) is 1. The van der Waals surface area contributed by atoms with Gasteiger partial charge in [0.1, 0.15) is 0 Å². The molecule has 0 aliphatic heterocycles. The number of nitrogens with one attached hydrogen (secondary N) is 1. The first-order valence-electron chi connectivity index (χ1n) is 2.23. The van der Waals surface area contributed by atoms with Gasteiger partial charge in [-0.15, -0.1) is 0 Å². The molecule has 0 aromatic rings. The van der Waals surface area contributed by atoms with Crippen molar-refractivity contribution in [3.05, 3.63) is 0 Å². The third-order valence-electron chi connectivity index (χ3n) is 0.555. The number of thiocarbonyl (C=S) groups is 1. The number of hydrogen-bond acceptors (Lipinski definition) is 3. The molecule has 0 rings (SSSR count). The SMILES string of the molecule is CNSC(=S)N(C)C. The molecule has 0 aromatic carbocycles. The average Bonchev–Trinajstić information content (AvgIpc) is 1.67. The minimum Gasteiger partial charge on any atom is -0.363 e. The van der Waals surface area contributed by atoms with Crippen molar-refractivity contribution in [2.24, 2.45) is 0 Å². The quantitative estimate of drug-likeness (QED) is 0.437. The maximum absolute atomic E-state index is 4.90. The van der Waals surface area contributed by atoms with Crippen LogP contribution in [-0.2, 0) is 0 Å². The zero-order valence-corrected chi connectivity index (χ0v) is 6.90. The molecule has 0 fully saturated rings. The summed E-state index contributed by atoms with van der Waals surface area (Å²) in [6, 6.07) is 0. The van der Waals surface area contributed by atoms with Gasteiger partial charge >= 0.3 is 0 Å². The summed E-state index contributed by atoms with van der Waals surface area (Å²) in [6.45, 7) is 0. The van der Waals surface area contributed by atoms with E-state index in [2.05, 4.69) is 4.72 Å². The molecule has 0 saturated heterocycles. The highest BCUT2D eigenvalue weighted by molar-refractivity contribution is 8.21. The van der Waals surface area contributed by atoms with E-state index in [1.807, 2.05) is 26.0 Å². The van der Waals surface area contributed by atoms with E-state index in [1.54, 1.807) is 0 Å². The summed E-state index contributed by atoms with van der Waals surface area (Å²) in [4.78, 5) is 1.89. The average molecular weight is 150 g/mol. The van der Waals surface area contributed by atoms with E-state index < -0.39 is 0 Å². The Labute approximate surface area is 59.8 Å². The summed E-state index contributed by atoms with van der Waals surface area (Å²) in [6.07, 6.45) is 0. The van der Waals surface area contributed by atoms with Gasteiger partial charge in [0.05, 0.1) is 0 Å². The molecule has 0 heterocycles. The lowest BCUT2D eigenvalue weighted by atomic mass is 11.0. The molecule has 0 aliphatic carbocycles. The van der Waals surface area contributed by atoms with Gasteiger partial charge in [0.2, 0.25) is 0 Å². The van der Waals surface area contributed by atoms with Crippen molar-refractivity contribution in [2.45, 2.75) is 0 Å². The molecule has 2 nitrogen and oxygen atoms in total. The molecule has 0 aromatic heterocycles. The van der Waals surface area contributed by atoms with Crippen LogP contribution in [0.2, 0.25) is 0 Å². The van der Waals surface area contributed by atoms with Gasteiger partial charge in [-0.2, -0.15) is 0 Å². The highest BCUT2D eigenvalue weighted by atomic mass is 32.2. The Kier molecular flexibility index (Phi) is 4.22. The Morgan fingerprint density at radius 1 is 1.62 bits per heavy atom. The molecule has 0 unspecified atom stereocenters. The predicted octanol–water partition coefficient (Wildman–Crippen LogP) is 0.700. The lowest BCUT2D eigenvalue weighted by molar-refractivity contribution is 0.647. The smallest absolute Gasteiger partial charge is 0.150 e. The molecule has 0 atom stereocenters. The van der Waals surface area contributed by atoms with E-state index in [0.717, 1.165) is 4.32 Å². The largest absolute Gasteiger partial charge is 0.363 e. The summed E-state index contributed by atoms with van der Waals surface area (Å²) in [5, 5.41) is 0. The van der Waals surface area contributed by atoms with Crippen molar-refractivity contribution < 1.29 is 0 Å². The van der Waals surface area contributed by atoms with Crippen molar-refractivity contribution in [1.82, 2.24) is 9.62 Å². The van der Waals surface area contributed by atoms with E-state index in [1.165, 1.54) is 11.9 Å². The van der Waals surface area contributed by atoms with Gasteiger partial charge in [-0.1, -0.05) is 12.2 Å². The molecule has 0 saturated carbocycles. The Bertz CT molecular complexity index is 82.1. The van der Waals surface area contributed by atoms with Gasteiger partial charge in [0.15, 0.2) is 4.32 Å². The number of hydrogen-bond donors (Lipinski definition) is 1. The molecule has 48 valence electrons. The second-order valence-corrected chi connectivity index (χ2v) is 3.11.